The van der Waals surface area contributed by atoms with E-state index in [1.165, 1.54) is 17.5 Å². The third-order valence-corrected chi connectivity index (χ3v) is 4.28. The zero-order valence-corrected chi connectivity index (χ0v) is 12.3. The summed E-state index contributed by atoms with van der Waals surface area (Å²) in [5.41, 5.74) is 12.2. The van der Waals surface area contributed by atoms with Crippen molar-refractivity contribution in [3.8, 4) is 17.2 Å². The molecule has 3 heteroatoms. The second-order valence-electron chi connectivity index (χ2n) is 5.66. The fraction of sp³-hybridized carbons (Fsp3) is 0.333. The van der Waals surface area contributed by atoms with E-state index in [-0.39, 0.29) is 0 Å². The third kappa shape index (κ3) is 2.38. The second kappa shape index (κ2) is 5.57. The Hall–Kier alpha value is -2.34. The minimum absolute atomic E-state index is 0.372. The smallest absolute Gasteiger partial charge is 0.142 e. The molecule has 0 amide bonds. The molecule has 1 aromatic carbocycles. The number of pyridine rings is 1. The lowest BCUT2D eigenvalue weighted by Gasteiger charge is -2.17. The van der Waals surface area contributed by atoms with Gasteiger partial charge in [-0.15, -0.1) is 0 Å². The minimum atomic E-state index is 0.372. The fourth-order valence-corrected chi connectivity index (χ4v) is 3.20. The van der Waals surface area contributed by atoms with Gasteiger partial charge in [0.2, 0.25) is 0 Å². The van der Waals surface area contributed by atoms with E-state index < -0.39 is 0 Å². The SMILES string of the molecule is Cc1ccccc1-c1c(C#N)c(N)nc2c1CCCCC2. The van der Waals surface area contributed by atoms with Gasteiger partial charge in [-0.25, -0.2) is 4.98 Å². The highest BCUT2D eigenvalue weighted by atomic mass is 14.9. The topological polar surface area (TPSA) is 62.7 Å². The van der Waals surface area contributed by atoms with Gasteiger partial charge in [0.15, 0.2) is 0 Å². The zero-order valence-electron chi connectivity index (χ0n) is 12.3. The van der Waals surface area contributed by atoms with Gasteiger partial charge in [0.05, 0.1) is 0 Å². The Morgan fingerprint density at radius 2 is 1.90 bits per heavy atom. The highest BCUT2D eigenvalue weighted by Gasteiger charge is 2.21. The van der Waals surface area contributed by atoms with E-state index >= 15 is 0 Å². The lowest BCUT2D eigenvalue weighted by Crippen LogP contribution is -2.07. The fourth-order valence-electron chi connectivity index (χ4n) is 3.20. The molecule has 1 aliphatic rings. The average molecular weight is 277 g/mol. The number of aryl methyl sites for hydroxylation is 2. The molecule has 0 aliphatic heterocycles. The molecule has 0 bridgehead atoms. The zero-order chi connectivity index (χ0) is 14.8. The average Bonchev–Trinajstić information content (AvgIpc) is 2.71. The van der Waals surface area contributed by atoms with Crippen molar-refractivity contribution in [2.24, 2.45) is 0 Å². The van der Waals surface area contributed by atoms with E-state index in [4.69, 9.17) is 5.73 Å². The molecule has 106 valence electrons. The van der Waals surface area contributed by atoms with E-state index in [0.29, 0.717) is 11.4 Å². The molecule has 0 saturated heterocycles. The number of hydrogen-bond acceptors (Lipinski definition) is 3. The van der Waals surface area contributed by atoms with Crippen molar-refractivity contribution in [1.82, 2.24) is 4.98 Å². The van der Waals surface area contributed by atoms with Gasteiger partial charge in [0, 0.05) is 11.3 Å². The molecule has 1 heterocycles. The standard InChI is InChI=1S/C18H19N3/c1-12-7-5-6-8-13(12)17-14-9-3-2-4-10-16(14)21-18(20)15(17)11-19/h5-8H,2-4,9-10H2,1H3,(H2,20,21). The summed E-state index contributed by atoms with van der Waals surface area (Å²) in [6, 6.07) is 10.5. The van der Waals surface area contributed by atoms with E-state index in [2.05, 4.69) is 30.1 Å². The number of nitrogens with zero attached hydrogens (tertiary/aromatic N) is 2. The van der Waals surface area contributed by atoms with Crippen LogP contribution >= 0.6 is 0 Å². The van der Waals surface area contributed by atoms with Crippen LogP contribution in [0.5, 0.6) is 0 Å². The Bertz CT molecular complexity index is 726. The summed E-state index contributed by atoms with van der Waals surface area (Å²) >= 11 is 0. The summed E-state index contributed by atoms with van der Waals surface area (Å²) < 4.78 is 0. The lowest BCUT2D eigenvalue weighted by molar-refractivity contribution is 0.709. The van der Waals surface area contributed by atoms with Crippen LogP contribution in [0.4, 0.5) is 5.82 Å². The number of benzene rings is 1. The van der Waals surface area contributed by atoms with E-state index in [1.807, 2.05) is 12.1 Å². The first kappa shape index (κ1) is 13.6. The maximum Gasteiger partial charge on any atom is 0.142 e. The number of aromatic nitrogens is 1. The summed E-state index contributed by atoms with van der Waals surface area (Å²) in [4.78, 5) is 4.52. The number of fused-ring (bicyclic) bond motifs is 1. The molecule has 0 spiro atoms. The molecular weight excluding hydrogens is 258 g/mol. The van der Waals surface area contributed by atoms with Gasteiger partial charge >= 0.3 is 0 Å². The molecule has 0 saturated carbocycles. The van der Waals surface area contributed by atoms with Crippen LogP contribution in [0, 0.1) is 18.3 Å². The van der Waals surface area contributed by atoms with Gasteiger partial charge in [0.25, 0.3) is 0 Å². The van der Waals surface area contributed by atoms with Crippen LogP contribution in [0.2, 0.25) is 0 Å². The van der Waals surface area contributed by atoms with Crippen molar-refractivity contribution in [3.63, 3.8) is 0 Å². The number of nitrogen functional groups attached to an aromatic ring is 1. The van der Waals surface area contributed by atoms with Gasteiger partial charge in [-0.1, -0.05) is 30.7 Å². The maximum atomic E-state index is 9.55. The van der Waals surface area contributed by atoms with Crippen molar-refractivity contribution >= 4 is 5.82 Å². The molecular formula is C18H19N3. The van der Waals surface area contributed by atoms with Crippen molar-refractivity contribution < 1.29 is 0 Å². The van der Waals surface area contributed by atoms with Crippen molar-refractivity contribution in [3.05, 3.63) is 46.6 Å². The van der Waals surface area contributed by atoms with Crippen LogP contribution < -0.4 is 5.73 Å². The Morgan fingerprint density at radius 1 is 1.14 bits per heavy atom. The molecule has 0 atom stereocenters. The molecule has 1 aliphatic carbocycles. The summed E-state index contributed by atoms with van der Waals surface area (Å²) in [6.45, 7) is 2.08. The van der Waals surface area contributed by atoms with Crippen LogP contribution in [0.15, 0.2) is 24.3 Å². The molecule has 0 unspecified atom stereocenters. The number of rotatable bonds is 1. The Labute approximate surface area is 125 Å². The normalized spacial score (nSPS) is 14.1. The van der Waals surface area contributed by atoms with E-state index in [1.54, 1.807) is 0 Å². The molecule has 0 fully saturated rings. The Morgan fingerprint density at radius 3 is 2.67 bits per heavy atom. The van der Waals surface area contributed by atoms with E-state index in [0.717, 1.165) is 42.5 Å². The quantitative estimate of drug-likeness (QED) is 0.807. The monoisotopic (exact) mass is 277 g/mol. The number of nitrogens with two attached hydrogens (primary N) is 1. The molecule has 3 rings (SSSR count). The van der Waals surface area contributed by atoms with Gasteiger partial charge in [-0.2, -0.15) is 5.26 Å². The van der Waals surface area contributed by atoms with Crippen molar-refractivity contribution in [1.29, 1.82) is 5.26 Å². The van der Waals surface area contributed by atoms with Crippen LogP contribution in [-0.4, -0.2) is 4.98 Å². The maximum absolute atomic E-state index is 9.55. The highest BCUT2D eigenvalue weighted by molar-refractivity contribution is 5.81. The number of anilines is 1. The third-order valence-electron chi connectivity index (χ3n) is 4.28. The molecule has 0 radical (unpaired) electrons. The molecule has 2 N–H and O–H groups in total. The first-order valence-corrected chi connectivity index (χ1v) is 7.49. The van der Waals surface area contributed by atoms with Crippen molar-refractivity contribution in [2.45, 2.75) is 39.0 Å². The first-order chi connectivity index (χ1) is 10.2. The lowest BCUT2D eigenvalue weighted by atomic mass is 9.89. The highest BCUT2D eigenvalue weighted by Crippen LogP contribution is 2.36. The van der Waals surface area contributed by atoms with Gasteiger partial charge in [-0.3, -0.25) is 0 Å². The number of hydrogen-bond donors (Lipinski definition) is 1. The van der Waals surface area contributed by atoms with E-state index in [9.17, 15) is 5.26 Å². The molecule has 1 aromatic heterocycles. The summed E-state index contributed by atoms with van der Waals surface area (Å²) in [5, 5.41) is 9.55. The van der Waals surface area contributed by atoms with Crippen LogP contribution in [0.1, 0.15) is 41.6 Å². The Balaban J connectivity index is 2.34. The first-order valence-electron chi connectivity index (χ1n) is 7.49. The van der Waals surface area contributed by atoms with Gasteiger partial charge in [0.1, 0.15) is 17.5 Å². The van der Waals surface area contributed by atoms with Crippen LogP contribution in [-0.2, 0) is 12.8 Å². The van der Waals surface area contributed by atoms with Gasteiger partial charge in [-0.05, 0) is 49.3 Å². The van der Waals surface area contributed by atoms with Crippen LogP contribution in [0.3, 0.4) is 0 Å². The van der Waals surface area contributed by atoms with Crippen LogP contribution in [0.25, 0.3) is 11.1 Å². The summed E-state index contributed by atoms with van der Waals surface area (Å²) in [7, 11) is 0. The molecule has 21 heavy (non-hydrogen) atoms. The predicted octanol–water partition coefficient (Wildman–Crippen LogP) is 3.78. The predicted molar refractivity (Wildman–Crippen MR) is 84.8 cm³/mol. The van der Waals surface area contributed by atoms with Crippen molar-refractivity contribution in [2.75, 3.05) is 5.73 Å². The minimum Gasteiger partial charge on any atom is -0.383 e. The second-order valence-corrected chi connectivity index (χ2v) is 5.66. The molecule has 2 aromatic rings. The summed E-state index contributed by atoms with van der Waals surface area (Å²) in [6.07, 6.45) is 5.47. The number of nitriles is 1. The summed E-state index contributed by atoms with van der Waals surface area (Å²) in [5.74, 6) is 0.372. The Kier molecular flexibility index (Phi) is 3.62. The largest absolute Gasteiger partial charge is 0.383 e. The van der Waals surface area contributed by atoms with Gasteiger partial charge < -0.3 is 5.73 Å². The molecule has 3 nitrogen and oxygen atoms in total.